The van der Waals surface area contributed by atoms with Crippen LogP contribution in [-0.4, -0.2) is 9.97 Å². The molecule has 0 radical (unpaired) electrons. The SMILES string of the molecule is CC1(C)c2cc(-c3ccc(-c4cccc(-c5cnc6c7ccccc7c7ccccc7c6n5)c4)cc3)ccc2-c2ccc(-c3cccc4c3oc3ccccc34)cc21. The van der Waals surface area contributed by atoms with Crippen molar-refractivity contribution in [1.29, 1.82) is 0 Å². The fourth-order valence-electron chi connectivity index (χ4n) is 9.53. The van der Waals surface area contributed by atoms with Gasteiger partial charge in [0, 0.05) is 38.1 Å². The number of furan rings is 1. The predicted molar refractivity (Wildman–Crippen MR) is 241 cm³/mol. The summed E-state index contributed by atoms with van der Waals surface area (Å²) in [6.45, 7) is 4.71. The number of nitrogens with zero attached hydrogens (tertiary/aromatic N) is 2. The quantitative estimate of drug-likeness (QED) is 0.169. The third-order valence-corrected chi connectivity index (χ3v) is 12.5. The standard InChI is InChI=1S/C55H36N2O/c1-55(2)48-30-36(25-27-42(48)43-28-26-37(31-49(43)55)39-18-10-19-47-44-15-7-8-20-51(44)58-54(39)47)34-23-21-33(22-24-34)35-11-9-12-38(29-35)50-32-56-52-45-16-5-3-13-40(45)41-14-4-6-17-46(41)53(52)57-50/h3-32H,1-2H3. The molecule has 0 spiro atoms. The van der Waals surface area contributed by atoms with Gasteiger partial charge in [-0.1, -0.05) is 166 Å². The first-order valence-electron chi connectivity index (χ1n) is 20.0. The summed E-state index contributed by atoms with van der Waals surface area (Å²) in [4.78, 5) is 10.2. The zero-order valence-electron chi connectivity index (χ0n) is 32.1. The van der Waals surface area contributed by atoms with E-state index in [1.165, 1.54) is 49.7 Å². The highest BCUT2D eigenvalue weighted by atomic mass is 16.3. The molecule has 0 amide bonds. The molecule has 2 heterocycles. The molecular weight excluding hydrogens is 705 g/mol. The van der Waals surface area contributed by atoms with E-state index in [9.17, 15) is 0 Å². The Hall–Kier alpha value is -7.36. The lowest BCUT2D eigenvalue weighted by Gasteiger charge is -2.22. The molecule has 0 atom stereocenters. The third kappa shape index (κ3) is 4.86. The van der Waals surface area contributed by atoms with Crippen LogP contribution in [0.3, 0.4) is 0 Å². The van der Waals surface area contributed by atoms with Gasteiger partial charge in [-0.15, -0.1) is 0 Å². The van der Waals surface area contributed by atoms with E-state index in [-0.39, 0.29) is 5.41 Å². The smallest absolute Gasteiger partial charge is 0.143 e. The Morgan fingerprint density at radius 1 is 0.397 bits per heavy atom. The summed E-state index contributed by atoms with van der Waals surface area (Å²) in [5.41, 5.74) is 17.8. The van der Waals surface area contributed by atoms with Crippen molar-refractivity contribution < 1.29 is 4.42 Å². The van der Waals surface area contributed by atoms with Gasteiger partial charge < -0.3 is 4.42 Å². The maximum Gasteiger partial charge on any atom is 0.143 e. The molecule has 1 aliphatic rings. The van der Waals surface area contributed by atoms with Crippen LogP contribution in [0.5, 0.6) is 0 Å². The van der Waals surface area contributed by atoms with E-state index in [2.05, 4.69) is 184 Å². The topological polar surface area (TPSA) is 38.9 Å². The Labute approximate surface area is 335 Å². The lowest BCUT2D eigenvalue weighted by atomic mass is 9.80. The number of fused-ring (bicyclic) bond motifs is 12. The molecule has 272 valence electrons. The van der Waals surface area contributed by atoms with Gasteiger partial charge in [0.2, 0.25) is 0 Å². The van der Waals surface area contributed by atoms with Gasteiger partial charge >= 0.3 is 0 Å². The molecule has 0 saturated carbocycles. The van der Waals surface area contributed by atoms with Gasteiger partial charge in [0.1, 0.15) is 11.2 Å². The summed E-state index contributed by atoms with van der Waals surface area (Å²) < 4.78 is 6.43. The number of hydrogen-bond acceptors (Lipinski definition) is 3. The Morgan fingerprint density at radius 3 is 1.66 bits per heavy atom. The molecule has 12 rings (SSSR count). The average Bonchev–Trinajstić information content (AvgIpc) is 3.78. The second kappa shape index (κ2) is 12.3. The van der Waals surface area contributed by atoms with Crippen molar-refractivity contribution in [2.24, 2.45) is 0 Å². The van der Waals surface area contributed by atoms with Crippen molar-refractivity contribution in [3.63, 3.8) is 0 Å². The van der Waals surface area contributed by atoms with Crippen molar-refractivity contribution in [2.75, 3.05) is 0 Å². The number of aromatic nitrogens is 2. The highest BCUT2D eigenvalue weighted by Gasteiger charge is 2.36. The molecule has 3 nitrogen and oxygen atoms in total. The summed E-state index contributed by atoms with van der Waals surface area (Å²) in [6, 6.07) is 63.3. The maximum absolute atomic E-state index is 6.43. The summed E-state index contributed by atoms with van der Waals surface area (Å²) in [5.74, 6) is 0. The minimum Gasteiger partial charge on any atom is -0.455 e. The molecule has 0 saturated heterocycles. The van der Waals surface area contributed by atoms with Crippen molar-refractivity contribution in [3.05, 3.63) is 193 Å². The average molecular weight is 741 g/mol. The third-order valence-electron chi connectivity index (χ3n) is 12.5. The summed E-state index contributed by atoms with van der Waals surface area (Å²) in [5, 5.41) is 6.96. The lowest BCUT2D eigenvalue weighted by molar-refractivity contribution is 0.660. The number of hydrogen-bond donors (Lipinski definition) is 0. The molecule has 0 aliphatic heterocycles. The van der Waals surface area contributed by atoms with Gasteiger partial charge in [-0.05, 0) is 85.1 Å². The molecule has 1 aliphatic carbocycles. The summed E-state index contributed by atoms with van der Waals surface area (Å²) in [6.07, 6.45) is 1.92. The van der Waals surface area contributed by atoms with Crippen LogP contribution < -0.4 is 0 Å². The van der Waals surface area contributed by atoms with E-state index in [1.54, 1.807) is 0 Å². The van der Waals surface area contributed by atoms with Gasteiger partial charge in [0.25, 0.3) is 0 Å². The summed E-state index contributed by atoms with van der Waals surface area (Å²) in [7, 11) is 0. The molecule has 0 bridgehead atoms. The second-order valence-corrected chi connectivity index (χ2v) is 16.1. The normalized spacial score (nSPS) is 13.1. The first-order valence-corrected chi connectivity index (χ1v) is 20.0. The number of benzene rings is 9. The van der Waals surface area contributed by atoms with Crippen LogP contribution in [0.1, 0.15) is 25.0 Å². The second-order valence-electron chi connectivity index (χ2n) is 16.1. The van der Waals surface area contributed by atoms with E-state index in [0.717, 1.165) is 71.7 Å². The van der Waals surface area contributed by atoms with Gasteiger partial charge in [-0.2, -0.15) is 0 Å². The Balaban J connectivity index is 0.860. The zero-order valence-corrected chi connectivity index (χ0v) is 32.1. The predicted octanol–water partition coefficient (Wildman–Crippen LogP) is 14.8. The Morgan fingerprint density at radius 2 is 0.931 bits per heavy atom. The van der Waals surface area contributed by atoms with E-state index in [1.807, 2.05) is 12.3 Å². The van der Waals surface area contributed by atoms with Crippen LogP contribution in [-0.2, 0) is 5.41 Å². The number of rotatable bonds is 4. The van der Waals surface area contributed by atoms with Crippen molar-refractivity contribution >= 4 is 54.5 Å². The first-order chi connectivity index (χ1) is 28.5. The van der Waals surface area contributed by atoms with Crippen LogP contribution in [0.2, 0.25) is 0 Å². The van der Waals surface area contributed by atoms with Gasteiger partial charge in [0.05, 0.1) is 22.9 Å². The summed E-state index contributed by atoms with van der Waals surface area (Å²) >= 11 is 0. The maximum atomic E-state index is 6.43. The van der Waals surface area contributed by atoms with Crippen molar-refractivity contribution in [1.82, 2.24) is 9.97 Å². The van der Waals surface area contributed by atoms with Crippen molar-refractivity contribution in [2.45, 2.75) is 19.3 Å². The first kappa shape index (κ1) is 32.8. The zero-order chi connectivity index (χ0) is 38.5. The molecule has 0 N–H and O–H groups in total. The van der Waals surface area contributed by atoms with Crippen LogP contribution >= 0.6 is 0 Å². The minimum atomic E-state index is -0.163. The van der Waals surface area contributed by atoms with Gasteiger partial charge in [-0.3, -0.25) is 4.98 Å². The monoisotopic (exact) mass is 740 g/mol. The van der Waals surface area contributed by atoms with Crippen LogP contribution in [0.15, 0.2) is 187 Å². The molecule has 11 aromatic rings. The highest BCUT2D eigenvalue weighted by Crippen LogP contribution is 2.51. The van der Waals surface area contributed by atoms with E-state index < -0.39 is 0 Å². The van der Waals surface area contributed by atoms with Crippen molar-refractivity contribution in [3.8, 4) is 55.8 Å². The van der Waals surface area contributed by atoms with E-state index in [0.29, 0.717) is 0 Å². The fraction of sp³-hybridized carbons (Fsp3) is 0.0545. The molecule has 3 heteroatoms. The largest absolute Gasteiger partial charge is 0.455 e. The minimum absolute atomic E-state index is 0.163. The molecular formula is C55H36N2O. The number of para-hydroxylation sites is 2. The van der Waals surface area contributed by atoms with Gasteiger partial charge in [0.15, 0.2) is 0 Å². The van der Waals surface area contributed by atoms with E-state index in [4.69, 9.17) is 14.4 Å². The Kier molecular flexibility index (Phi) is 6.98. The van der Waals surface area contributed by atoms with Gasteiger partial charge in [-0.25, -0.2) is 4.98 Å². The Bertz CT molecular complexity index is 3450. The van der Waals surface area contributed by atoms with E-state index >= 15 is 0 Å². The molecule has 9 aromatic carbocycles. The fourth-order valence-corrected chi connectivity index (χ4v) is 9.53. The molecule has 0 fully saturated rings. The van der Waals surface area contributed by atoms with Crippen LogP contribution in [0.4, 0.5) is 0 Å². The molecule has 2 aromatic heterocycles. The lowest BCUT2D eigenvalue weighted by Crippen LogP contribution is -2.15. The molecule has 0 unspecified atom stereocenters. The van der Waals surface area contributed by atoms with Crippen LogP contribution in [0, 0.1) is 0 Å². The highest BCUT2D eigenvalue weighted by molar-refractivity contribution is 6.23. The van der Waals surface area contributed by atoms with Crippen LogP contribution in [0.25, 0.3) is 110 Å². The molecule has 58 heavy (non-hydrogen) atoms.